The van der Waals surface area contributed by atoms with E-state index in [1.807, 2.05) is 28.0 Å². The first-order valence-electron chi connectivity index (χ1n) is 9.05. The number of benzene rings is 1. The third-order valence-corrected chi connectivity index (χ3v) is 5.84. The van der Waals surface area contributed by atoms with E-state index in [9.17, 15) is 9.59 Å². The summed E-state index contributed by atoms with van der Waals surface area (Å²) in [6, 6.07) is 8.02. The highest BCUT2D eigenvalue weighted by atomic mass is 16.2. The minimum atomic E-state index is -0.186. The first kappa shape index (κ1) is 15.6. The molecule has 3 fully saturated rings. The predicted octanol–water partition coefficient (Wildman–Crippen LogP) is 1.28. The van der Waals surface area contributed by atoms with Gasteiger partial charge in [-0.2, -0.15) is 0 Å². The Morgan fingerprint density at radius 2 is 1.88 bits per heavy atom. The molecule has 2 amide bonds. The molecule has 0 aliphatic carbocycles. The summed E-state index contributed by atoms with van der Waals surface area (Å²) < 4.78 is 0. The largest absolute Gasteiger partial charge is 0.342 e. The van der Waals surface area contributed by atoms with Crippen molar-refractivity contribution in [3.63, 3.8) is 0 Å². The Balaban J connectivity index is 1.47. The first-order valence-corrected chi connectivity index (χ1v) is 9.05. The number of amides is 2. The maximum Gasteiger partial charge on any atom is 0.228 e. The van der Waals surface area contributed by atoms with Crippen LogP contribution in [-0.2, 0) is 16.0 Å². The van der Waals surface area contributed by atoms with Crippen LogP contribution < -0.4 is 10.2 Å². The molecule has 1 unspecified atom stereocenters. The number of carbonyl (C=O) groups excluding carboxylic acids is 2. The Morgan fingerprint density at radius 3 is 2.58 bits per heavy atom. The average Bonchev–Trinajstić information content (AvgIpc) is 3.28. The SMILES string of the molecule is CCc1ccccc1N1CC(C(=O)N2C[C@H]3CNC[C@H]3C2)CC1=O. The van der Waals surface area contributed by atoms with Crippen LogP contribution in [0.4, 0.5) is 5.69 Å². The van der Waals surface area contributed by atoms with Crippen LogP contribution in [-0.4, -0.2) is 49.4 Å². The van der Waals surface area contributed by atoms with Crippen molar-refractivity contribution in [1.29, 1.82) is 0 Å². The second-order valence-corrected chi connectivity index (χ2v) is 7.31. The number of fused-ring (bicyclic) bond motifs is 1. The summed E-state index contributed by atoms with van der Waals surface area (Å²) in [5, 5.41) is 3.40. The summed E-state index contributed by atoms with van der Waals surface area (Å²) >= 11 is 0. The van der Waals surface area contributed by atoms with E-state index in [4.69, 9.17) is 0 Å². The highest BCUT2D eigenvalue weighted by Crippen LogP contribution is 2.32. The smallest absolute Gasteiger partial charge is 0.228 e. The lowest BCUT2D eigenvalue weighted by Crippen LogP contribution is -2.37. The molecule has 0 aromatic heterocycles. The number of hydrogen-bond acceptors (Lipinski definition) is 3. The fourth-order valence-corrected chi connectivity index (χ4v) is 4.47. The molecule has 0 bridgehead atoms. The van der Waals surface area contributed by atoms with Gasteiger partial charge in [0, 0.05) is 44.8 Å². The normalized spacial score (nSPS) is 29.4. The summed E-state index contributed by atoms with van der Waals surface area (Å²) in [5.41, 5.74) is 2.14. The third kappa shape index (κ3) is 2.61. The van der Waals surface area contributed by atoms with E-state index in [1.165, 1.54) is 5.56 Å². The van der Waals surface area contributed by atoms with E-state index in [0.717, 1.165) is 38.3 Å². The summed E-state index contributed by atoms with van der Waals surface area (Å²) in [4.78, 5) is 29.2. The van der Waals surface area contributed by atoms with Gasteiger partial charge in [0.25, 0.3) is 0 Å². The minimum absolute atomic E-state index is 0.0790. The van der Waals surface area contributed by atoms with Crippen LogP contribution >= 0.6 is 0 Å². The molecule has 3 aliphatic heterocycles. The van der Waals surface area contributed by atoms with Crippen LogP contribution in [0.3, 0.4) is 0 Å². The molecule has 0 spiro atoms. The lowest BCUT2D eigenvalue weighted by Gasteiger charge is -2.23. The Labute approximate surface area is 143 Å². The molecule has 0 saturated carbocycles. The van der Waals surface area contributed by atoms with Crippen molar-refractivity contribution in [1.82, 2.24) is 10.2 Å². The van der Waals surface area contributed by atoms with Gasteiger partial charge in [-0.3, -0.25) is 9.59 Å². The molecule has 4 rings (SSSR count). The number of nitrogens with one attached hydrogen (secondary N) is 1. The van der Waals surface area contributed by atoms with Gasteiger partial charge in [0.1, 0.15) is 0 Å². The van der Waals surface area contributed by atoms with E-state index in [1.54, 1.807) is 0 Å². The average molecular weight is 327 g/mol. The van der Waals surface area contributed by atoms with E-state index >= 15 is 0 Å². The number of aryl methyl sites for hydroxylation is 1. The number of hydrogen-bond donors (Lipinski definition) is 1. The number of nitrogens with zero attached hydrogens (tertiary/aromatic N) is 2. The van der Waals surface area contributed by atoms with E-state index in [2.05, 4.69) is 18.3 Å². The molecule has 128 valence electrons. The Bertz CT molecular complexity index is 648. The summed E-state index contributed by atoms with van der Waals surface area (Å²) in [5.74, 6) is 1.27. The van der Waals surface area contributed by atoms with Crippen molar-refractivity contribution in [3.05, 3.63) is 29.8 Å². The van der Waals surface area contributed by atoms with Crippen LogP contribution in [0.25, 0.3) is 0 Å². The van der Waals surface area contributed by atoms with E-state index in [-0.39, 0.29) is 17.7 Å². The van der Waals surface area contributed by atoms with Gasteiger partial charge in [-0.25, -0.2) is 0 Å². The van der Waals surface area contributed by atoms with Crippen LogP contribution in [0.1, 0.15) is 18.9 Å². The molecule has 1 N–H and O–H groups in total. The van der Waals surface area contributed by atoms with Gasteiger partial charge in [-0.15, -0.1) is 0 Å². The maximum absolute atomic E-state index is 12.9. The monoisotopic (exact) mass is 327 g/mol. The Kier molecular flexibility index (Phi) is 4.04. The van der Waals surface area contributed by atoms with Crippen LogP contribution in [0.15, 0.2) is 24.3 Å². The third-order valence-electron chi connectivity index (χ3n) is 5.84. The van der Waals surface area contributed by atoms with Crippen molar-refractivity contribution >= 4 is 17.5 Å². The highest BCUT2D eigenvalue weighted by Gasteiger charge is 2.43. The van der Waals surface area contributed by atoms with Crippen molar-refractivity contribution in [2.75, 3.05) is 37.6 Å². The van der Waals surface area contributed by atoms with Gasteiger partial charge in [0.2, 0.25) is 11.8 Å². The predicted molar refractivity (Wildman–Crippen MR) is 92.7 cm³/mol. The number of rotatable bonds is 3. The van der Waals surface area contributed by atoms with Gasteiger partial charge in [0.05, 0.1) is 5.92 Å². The van der Waals surface area contributed by atoms with Crippen LogP contribution in [0, 0.1) is 17.8 Å². The van der Waals surface area contributed by atoms with Crippen molar-refractivity contribution in [2.45, 2.75) is 19.8 Å². The maximum atomic E-state index is 12.9. The summed E-state index contributed by atoms with van der Waals surface area (Å²) in [7, 11) is 0. The summed E-state index contributed by atoms with van der Waals surface area (Å²) in [6.45, 7) is 6.37. The van der Waals surface area contributed by atoms with Crippen molar-refractivity contribution in [3.8, 4) is 0 Å². The van der Waals surface area contributed by atoms with Crippen molar-refractivity contribution in [2.24, 2.45) is 17.8 Å². The molecule has 0 radical (unpaired) electrons. The second kappa shape index (κ2) is 6.20. The molecule has 24 heavy (non-hydrogen) atoms. The number of anilines is 1. The molecule has 3 heterocycles. The zero-order valence-electron chi connectivity index (χ0n) is 14.2. The quantitative estimate of drug-likeness (QED) is 0.910. The van der Waals surface area contributed by atoms with E-state index < -0.39 is 0 Å². The van der Waals surface area contributed by atoms with Gasteiger partial charge in [-0.1, -0.05) is 25.1 Å². The molecule has 3 atom stereocenters. The molecule has 5 heteroatoms. The number of likely N-dealkylation sites (tertiary alicyclic amines) is 1. The van der Waals surface area contributed by atoms with Gasteiger partial charge in [-0.05, 0) is 29.9 Å². The second-order valence-electron chi connectivity index (χ2n) is 7.31. The number of carbonyl (C=O) groups is 2. The lowest BCUT2D eigenvalue weighted by atomic mass is 10.0. The zero-order chi connectivity index (χ0) is 16.7. The molecule has 3 saturated heterocycles. The molecule has 5 nitrogen and oxygen atoms in total. The molecule has 1 aromatic carbocycles. The van der Waals surface area contributed by atoms with Gasteiger partial charge < -0.3 is 15.1 Å². The Hall–Kier alpha value is -1.88. The topological polar surface area (TPSA) is 52.7 Å². The molecular weight excluding hydrogens is 302 g/mol. The molecule has 1 aromatic rings. The number of para-hydroxylation sites is 1. The van der Waals surface area contributed by atoms with Crippen molar-refractivity contribution < 1.29 is 9.59 Å². The van der Waals surface area contributed by atoms with Crippen LogP contribution in [0.2, 0.25) is 0 Å². The lowest BCUT2D eigenvalue weighted by molar-refractivity contribution is -0.135. The first-order chi connectivity index (χ1) is 11.7. The minimum Gasteiger partial charge on any atom is -0.342 e. The van der Waals surface area contributed by atoms with Gasteiger partial charge in [0.15, 0.2) is 0 Å². The molecular formula is C19H25N3O2. The standard InChI is InChI=1S/C19H25N3O2/c1-2-13-5-3-4-6-17(13)22-12-14(7-18(22)23)19(24)21-10-15-8-20-9-16(15)11-21/h3-6,14-16,20H,2,7-12H2,1H3/t14?,15-,16+. The summed E-state index contributed by atoms with van der Waals surface area (Å²) in [6.07, 6.45) is 1.24. The fraction of sp³-hybridized carbons (Fsp3) is 0.579. The zero-order valence-corrected chi connectivity index (χ0v) is 14.2. The Morgan fingerprint density at radius 1 is 1.17 bits per heavy atom. The van der Waals surface area contributed by atoms with Crippen LogP contribution in [0.5, 0.6) is 0 Å². The molecule has 3 aliphatic rings. The van der Waals surface area contributed by atoms with E-state index in [0.29, 0.717) is 24.8 Å². The fourth-order valence-electron chi connectivity index (χ4n) is 4.47. The van der Waals surface area contributed by atoms with Gasteiger partial charge >= 0.3 is 0 Å². The highest BCUT2D eigenvalue weighted by molar-refractivity contribution is 6.00.